The summed E-state index contributed by atoms with van der Waals surface area (Å²) in [6, 6.07) is 6.35. The highest BCUT2D eigenvalue weighted by molar-refractivity contribution is 6.04. The molecule has 12 nitrogen and oxygen atoms in total. The summed E-state index contributed by atoms with van der Waals surface area (Å²) < 4.78 is 12.6. The minimum absolute atomic E-state index is 0.0141. The number of hydrogen-bond donors (Lipinski definition) is 8. The Morgan fingerprint density at radius 3 is 2.66 bits per heavy atom. The van der Waals surface area contributed by atoms with Gasteiger partial charge in [0.2, 0.25) is 0 Å². The minimum atomic E-state index is -0.938. The number of fused-ring (bicyclic) bond motifs is 3. The fourth-order valence-electron chi connectivity index (χ4n) is 12.6. The standard InChI is InChI=1S/C52H82N6O6/c1-33(28-57-51(54)55-3)13-16-36-17-18-39(53)24-37(36)9-4-5-12-49-38(31-59)25-40(64-49)19-14-35-15-20-47(61)50(23-35)63-32-48(62)45-26-42-43(30-56-29-34(2)60)41-10-8-11-44(41)52(21-6-7-22-52)27-46(42)58-45/h15,20,23,25-26,33-34,36-37,39,41,43-44,48-49,56,59-62H,4-14,16-19,21-22,24,27-32,53H2,1-3H3,(H3,54,55,57). The van der Waals surface area contributed by atoms with Crippen LogP contribution < -0.4 is 26.8 Å². The molecule has 1 aromatic rings. The molecule has 0 radical (unpaired) electrons. The Labute approximate surface area is 384 Å². The first-order chi connectivity index (χ1) is 30.9. The van der Waals surface area contributed by atoms with Gasteiger partial charge in [0.15, 0.2) is 35.3 Å². The van der Waals surface area contributed by atoms with Crippen molar-refractivity contribution in [3.63, 3.8) is 0 Å². The van der Waals surface area contributed by atoms with E-state index < -0.39 is 12.2 Å². The lowest BCUT2D eigenvalue weighted by Gasteiger charge is -2.37. The van der Waals surface area contributed by atoms with Gasteiger partial charge in [-0.1, -0.05) is 64.0 Å². The Morgan fingerprint density at radius 2 is 1.88 bits per heavy atom. The number of nitrogens with two attached hydrogens (primary N) is 2. The molecule has 10 unspecified atom stereocenters. The number of guanidine groups is 1. The number of aliphatic imine (C=N–C) groups is 2. The molecular formula is C52H82N6O6. The molecule has 10 atom stereocenters. The summed E-state index contributed by atoms with van der Waals surface area (Å²) >= 11 is 0. The summed E-state index contributed by atoms with van der Waals surface area (Å²) in [6.07, 6.45) is 24.9. The molecular weight excluding hydrogens is 805 g/mol. The number of nitrogens with zero attached hydrogens (tertiary/aromatic N) is 2. The second-order valence-electron chi connectivity index (χ2n) is 20.8. The molecule has 1 spiro atoms. The van der Waals surface area contributed by atoms with Crippen LogP contribution in [0.15, 0.2) is 51.5 Å². The molecule has 12 heteroatoms. The molecule has 0 saturated heterocycles. The van der Waals surface area contributed by atoms with Crippen molar-refractivity contribution in [1.29, 1.82) is 0 Å². The Kier molecular flexibility index (Phi) is 17.5. The monoisotopic (exact) mass is 887 g/mol. The summed E-state index contributed by atoms with van der Waals surface area (Å²) in [5.41, 5.74) is 16.9. The molecule has 64 heavy (non-hydrogen) atoms. The van der Waals surface area contributed by atoms with E-state index in [1.807, 2.05) is 25.1 Å². The van der Waals surface area contributed by atoms with E-state index in [1.165, 1.54) is 76.2 Å². The van der Waals surface area contributed by atoms with Crippen LogP contribution in [-0.4, -0.2) is 96.3 Å². The molecule has 4 saturated carbocycles. The molecule has 6 aliphatic rings. The third kappa shape index (κ3) is 12.4. The van der Waals surface area contributed by atoms with E-state index >= 15 is 0 Å². The first-order valence-electron chi connectivity index (χ1n) is 25.2. The van der Waals surface area contributed by atoms with Crippen molar-refractivity contribution < 1.29 is 29.9 Å². The van der Waals surface area contributed by atoms with Crippen LogP contribution in [0.4, 0.5) is 0 Å². The van der Waals surface area contributed by atoms with Gasteiger partial charge in [0.25, 0.3) is 0 Å². The van der Waals surface area contributed by atoms with Gasteiger partial charge >= 0.3 is 0 Å². The topological polar surface area (TPSA) is 200 Å². The summed E-state index contributed by atoms with van der Waals surface area (Å²) in [4.78, 5) is 9.15. The zero-order valence-electron chi connectivity index (χ0n) is 39.3. The lowest BCUT2D eigenvalue weighted by atomic mass is 9.66. The number of aliphatic hydroxyl groups is 3. The maximum absolute atomic E-state index is 11.5. The predicted molar refractivity (Wildman–Crippen MR) is 256 cm³/mol. The number of hydrogen-bond acceptors (Lipinski definition) is 10. The number of aryl methyl sites for hydroxylation is 1. The molecule has 1 aromatic carbocycles. The van der Waals surface area contributed by atoms with Crippen molar-refractivity contribution in [2.45, 2.75) is 160 Å². The number of rotatable bonds is 22. The Bertz CT molecular complexity index is 1780. The third-order valence-corrected chi connectivity index (χ3v) is 16.1. The van der Waals surface area contributed by atoms with Crippen LogP contribution >= 0.6 is 0 Å². The van der Waals surface area contributed by atoms with E-state index in [4.69, 9.17) is 25.9 Å². The maximum atomic E-state index is 11.5. The highest BCUT2D eigenvalue weighted by atomic mass is 16.5. The van der Waals surface area contributed by atoms with Gasteiger partial charge in [0.1, 0.15) is 12.2 Å². The number of benzene rings is 1. The maximum Gasteiger partial charge on any atom is 0.190 e. The molecule has 0 aromatic heterocycles. The lowest BCUT2D eigenvalue weighted by Crippen LogP contribution is -2.37. The summed E-state index contributed by atoms with van der Waals surface area (Å²) in [5.74, 6) is 4.37. The van der Waals surface area contributed by atoms with E-state index in [9.17, 15) is 20.4 Å². The smallest absolute Gasteiger partial charge is 0.190 e. The molecule has 7 rings (SSSR count). The second-order valence-corrected chi connectivity index (χ2v) is 20.8. The summed E-state index contributed by atoms with van der Waals surface area (Å²) in [6.45, 7) is 6.28. The predicted octanol–water partition coefficient (Wildman–Crippen LogP) is 7.05. The van der Waals surface area contributed by atoms with E-state index in [0.29, 0.717) is 84.1 Å². The average Bonchev–Trinajstić information content (AvgIpc) is 4.11. The number of aliphatic hydroxyl groups excluding tert-OH is 3. The van der Waals surface area contributed by atoms with Crippen molar-refractivity contribution in [3.05, 3.63) is 59.2 Å². The molecule has 10 N–H and O–H groups in total. The molecule has 2 heterocycles. The van der Waals surface area contributed by atoms with Gasteiger partial charge in [-0.2, -0.15) is 11.6 Å². The zero-order valence-corrected chi connectivity index (χ0v) is 39.3. The fraction of sp³-hybridized carbons (Fsp3) is 0.731. The van der Waals surface area contributed by atoms with Crippen LogP contribution in [0.3, 0.4) is 0 Å². The quantitative estimate of drug-likeness (QED) is 0.0258. The normalized spacial score (nSPS) is 29.2. The van der Waals surface area contributed by atoms with Crippen molar-refractivity contribution in [2.75, 3.05) is 39.9 Å². The highest BCUT2D eigenvalue weighted by Gasteiger charge is 2.57. The largest absolute Gasteiger partial charge is 0.504 e. The van der Waals surface area contributed by atoms with E-state index in [2.05, 4.69) is 28.6 Å². The first-order valence-corrected chi connectivity index (χ1v) is 25.2. The Hall–Kier alpha value is -3.26. The number of phenols is 1. The minimum Gasteiger partial charge on any atom is -0.504 e. The Balaban J connectivity index is 0.878. The van der Waals surface area contributed by atoms with E-state index in [-0.39, 0.29) is 25.1 Å². The van der Waals surface area contributed by atoms with Crippen LogP contribution in [-0.2, 0) is 11.2 Å². The number of unbranched alkanes of at least 4 members (excludes halogenated alkanes) is 1. The van der Waals surface area contributed by atoms with Gasteiger partial charge in [-0.15, -0.1) is 4.99 Å². The van der Waals surface area contributed by atoms with E-state index in [1.54, 1.807) is 13.1 Å². The van der Waals surface area contributed by atoms with Gasteiger partial charge in [0, 0.05) is 45.4 Å². The molecule has 0 amide bonds. The fourth-order valence-corrected chi connectivity index (χ4v) is 12.6. The number of nitrogens with one attached hydrogen (secondary N) is 2. The summed E-state index contributed by atoms with van der Waals surface area (Å²) in [7, 11) is 1.71. The van der Waals surface area contributed by atoms with Crippen LogP contribution in [0.5, 0.6) is 11.5 Å². The zero-order chi connectivity index (χ0) is 45.2. The van der Waals surface area contributed by atoms with Gasteiger partial charge in [0.05, 0.1) is 24.5 Å². The van der Waals surface area contributed by atoms with Gasteiger partial charge < -0.3 is 52.0 Å². The number of aromatic hydroxyl groups is 1. The first kappa shape index (κ1) is 48.7. The molecule has 2 aliphatic heterocycles. The van der Waals surface area contributed by atoms with Crippen LogP contribution in [0.2, 0.25) is 0 Å². The van der Waals surface area contributed by atoms with Crippen molar-refractivity contribution >= 4 is 11.7 Å². The van der Waals surface area contributed by atoms with Crippen LogP contribution in [0.25, 0.3) is 0 Å². The lowest BCUT2D eigenvalue weighted by molar-refractivity contribution is 0.101. The number of phenolic OH excluding ortho intramolecular Hbond substituents is 1. The van der Waals surface area contributed by atoms with Crippen LogP contribution in [0, 0.1) is 53.1 Å². The van der Waals surface area contributed by atoms with Crippen LogP contribution in [0.1, 0.15) is 135 Å². The molecule has 0 bridgehead atoms. The summed E-state index contributed by atoms with van der Waals surface area (Å²) in [5, 5.41) is 49.4. The highest BCUT2D eigenvalue weighted by Crippen LogP contribution is 2.60. The SMILES string of the molecule is CN=C(N)NCC(C)CCC1CCC(N)CC1CCCCC1O[C-](CCc2ccc(O)c(OCC(O)[C+]3C=C4C(=N3)CC3(CCCC3)C3CCCC3C4CNCC(C)O)c2)C=C1CO. The van der Waals surface area contributed by atoms with E-state index in [0.717, 1.165) is 74.6 Å². The van der Waals surface area contributed by atoms with Gasteiger partial charge in [-0.05, 0) is 130 Å². The van der Waals surface area contributed by atoms with Crippen molar-refractivity contribution in [2.24, 2.45) is 62.4 Å². The van der Waals surface area contributed by atoms with Gasteiger partial charge in [-0.3, -0.25) is 4.99 Å². The van der Waals surface area contributed by atoms with Crippen molar-refractivity contribution in [1.82, 2.24) is 10.6 Å². The Morgan fingerprint density at radius 1 is 1.06 bits per heavy atom. The third-order valence-electron chi connectivity index (χ3n) is 16.1. The number of ether oxygens (including phenoxy) is 2. The van der Waals surface area contributed by atoms with Gasteiger partial charge in [-0.25, -0.2) is 0 Å². The molecule has 4 aliphatic carbocycles. The average molecular weight is 887 g/mol. The second kappa shape index (κ2) is 23.0. The molecule has 4 fully saturated rings. The van der Waals surface area contributed by atoms with Crippen molar-refractivity contribution in [3.8, 4) is 11.5 Å². The molecule has 356 valence electrons.